The zero-order valence-electron chi connectivity index (χ0n) is 9.79. The van der Waals surface area contributed by atoms with Gasteiger partial charge in [0.25, 0.3) is 0 Å². The smallest absolute Gasteiger partial charge is 0.0412 e. The molecular weight excluding hydrogens is 182 g/mol. The highest BCUT2D eigenvalue weighted by Gasteiger charge is 2.32. The minimum atomic E-state index is -0.0658. The lowest BCUT2D eigenvalue weighted by Crippen LogP contribution is -2.40. The van der Waals surface area contributed by atoms with Crippen LogP contribution in [0.4, 0.5) is 0 Å². The SMILES string of the molecule is Cc1cccc(C2(N)CCCC(C)C2)c1. The first kappa shape index (κ1) is 10.7. The van der Waals surface area contributed by atoms with Crippen LogP contribution in [0.3, 0.4) is 0 Å². The van der Waals surface area contributed by atoms with Crippen molar-refractivity contribution in [2.75, 3.05) is 0 Å². The van der Waals surface area contributed by atoms with Gasteiger partial charge in [0.2, 0.25) is 0 Å². The standard InChI is InChI=1S/C14H21N/c1-11-5-3-7-13(9-11)14(15)8-4-6-12(2)10-14/h3,5,7,9,12H,4,6,8,10,15H2,1-2H3. The summed E-state index contributed by atoms with van der Waals surface area (Å²) in [6, 6.07) is 8.70. The Bertz CT molecular complexity index is 345. The minimum Gasteiger partial charge on any atom is -0.321 e. The van der Waals surface area contributed by atoms with Gasteiger partial charge in [0.05, 0.1) is 0 Å². The molecule has 2 N–H and O–H groups in total. The number of nitrogens with two attached hydrogens (primary N) is 1. The molecule has 1 nitrogen and oxygen atoms in total. The molecule has 0 spiro atoms. The lowest BCUT2D eigenvalue weighted by atomic mass is 9.73. The van der Waals surface area contributed by atoms with Gasteiger partial charge >= 0.3 is 0 Å². The molecule has 0 radical (unpaired) electrons. The van der Waals surface area contributed by atoms with Gasteiger partial charge in [0, 0.05) is 5.54 Å². The van der Waals surface area contributed by atoms with Crippen molar-refractivity contribution in [3.8, 4) is 0 Å². The van der Waals surface area contributed by atoms with E-state index >= 15 is 0 Å². The highest BCUT2D eigenvalue weighted by molar-refractivity contribution is 5.29. The Kier molecular flexibility index (Phi) is 2.83. The average Bonchev–Trinajstić information content (AvgIpc) is 2.17. The molecule has 0 bridgehead atoms. The fourth-order valence-corrected chi connectivity index (χ4v) is 2.81. The summed E-state index contributed by atoms with van der Waals surface area (Å²) in [5.41, 5.74) is 9.12. The van der Waals surface area contributed by atoms with Crippen LogP contribution < -0.4 is 5.73 Å². The maximum absolute atomic E-state index is 6.54. The van der Waals surface area contributed by atoms with E-state index in [0.717, 1.165) is 18.8 Å². The fourth-order valence-electron chi connectivity index (χ4n) is 2.81. The molecule has 1 heteroatoms. The van der Waals surface area contributed by atoms with Gasteiger partial charge in [-0.25, -0.2) is 0 Å². The maximum Gasteiger partial charge on any atom is 0.0412 e. The number of hydrogen-bond donors (Lipinski definition) is 1. The van der Waals surface area contributed by atoms with Crippen molar-refractivity contribution in [2.45, 2.75) is 45.1 Å². The van der Waals surface area contributed by atoms with Crippen LogP contribution in [0.1, 0.15) is 43.7 Å². The van der Waals surface area contributed by atoms with Crippen molar-refractivity contribution in [1.29, 1.82) is 0 Å². The second-order valence-corrected chi connectivity index (χ2v) is 5.23. The zero-order valence-corrected chi connectivity index (χ0v) is 9.79. The molecule has 0 aliphatic heterocycles. The second kappa shape index (κ2) is 3.97. The number of aryl methyl sites for hydroxylation is 1. The monoisotopic (exact) mass is 203 g/mol. The van der Waals surface area contributed by atoms with Gasteiger partial charge in [0.15, 0.2) is 0 Å². The molecular formula is C14H21N. The number of hydrogen-bond acceptors (Lipinski definition) is 1. The van der Waals surface area contributed by atoms with Gasteiger partial charge in [-0.3, -0.25) is 0 Å². The first-order chi connectivity index (χ1) is 7.10. The fraction of sp³-hybridized carbons (Fsp3) is 0.571. The topological polar surface area (TPSA) is 26.0 Å². The summed E-state index contributed by atoms with van der Waals surface area (Å²) in [6.07, 6.45) is 4.88. The van der Waals surface area contributed by atoms with Crippen molar-refractivity contribution in [2.24, 2.45) is 11.7 Å². The van der Waals surface area contributed by atoms with E-state index in [0.29, 0.717) is 0 Å². The van der Waals surface area contributed by atoms with Crippen molar-refractivity contribution >= 4 is 0 Å². The molecule has 2 atom stereocenters. The Balaban J connectivity index is 2.28. The van der Waals surface area contributed by atoms with E-state index in [1.807, 2.05) is 0 Å². The highest BCUT2D eigenvalue weighted by atomic mass is 14.7. The molecule has 0 heterocycles. The summed E-state index contributed by atoms with van der Waals surface area (Å²) in [6.45, 7) is 4.45. The maximum atomic E-state index is 6.54. The minimum absolute atomic E-state index is 0.0658. The van der Waals surface area contributed by atoms with Gasteiger partial charge in [-0.15, -0.1) is 0 Å². The van der Waals surface area contributed by atoms with E-state index in [-0.39, 0.29) is 5.54 Å². The molecule has 1 aliphatic rings. The van der Waals surface area contributed by atoms with E-state index in [4.69, 9.17) is 5.73 Å². The summed E-state index contributed by atoms with van der Waals surface area (Å²) in [5.74, 6) is 0.768. The summed E-state index contributed by atoms with van der Waals surface area (Å²) >= 11 is 0. The molecule has 1 saturated carbocycles. The van der Waals surface area contributed by atoms with E-state index in [9.17, 15) is 0 Å². The predicted octanol–water partition coefficient (Wildman–Crippen LogP) is 3.36. The summed E-state index contributed by atoms with van der Waals surface area (Å²) in [7, 11) is 0. The first-order valence-electron chi connectivity index (χ1n) is 5.96. The van der Waals surface area contributed by atoms with Gasteiger partial charge in [-0.1, -0.05) is 49.6 Å². The van der Waals surface area contributed by atoms with E-state index in [2.05, 4.69) is 38.1 Å². The van der Waals surface area contributed by atoms with Crippen LogP contribution in [0.25, 0.3) is 0 Å². The zero-order chi connectivity index (χ0) is 10.9. The van der Waals surface area contributed by atoms with Crippen molar-refractivity contribution in [1.82, 2.24) is 0 Å². The van der Waals surface area contributed by atoms with Crippen molar-refractivity contribution in [3.63, 3.8) is 0 Å². The molecule has 15 heavy (non-hydrogen) atoms. The summed E-state index contributed by atoms with van der Waals surface area (Å²) in [4.78, 5) is 0. The highest BCUT2D eigenvalue weighted by Crippen LogP contribution is 2.37. The Morgan fingerprint density at radius 1 is 1.40 bits per heavy atom. The van der Waals surface area contributed by atoms with E-state index in [1.165, 1.54) is 24.0 Å². The number of benzene rings is 1. The van der Waals surface area contributed by atoms with Crippen molar-refractivity contribution in [3.05, 3.63) is 35.4 Å². The van der Waals surface area contributed by atoms with Crippen LogP contribution in [-0.2, 0) is 5.54 Å². The van der Waals surface area contributed by atoms with E-state index < -0.39 is 0 Å². The molecule has 2 unspecified atom stereocenters. The van der Waals surface area contributed by atoms with Crippen LogP contribution in [0.2, 0.25) is 0 Å². The van der Waals surface area contributed by atoms with Crippen LogP contribution in [-0.4, -0.2) is 0 Å². The lowest BCUT2D eigenvalue weighted by Gasteiger charge is -2.37. The largest absolute Gasteiger partial charge is 0.321 e. The Morgan fingerprint density at radius 2 is 2.20 bits per heavy atom. The molecule has 0 aromatic heterocycles. The summed E-state index contributed by atoms with van der Waals surface area (Å²) < 4.78 is 0. The third kappa shape index (κ3) is 2.23. The molecule has 0 saturated heterocycles. The van der Waals surface area contributed by atoms with Gasteiger partial charge in [-0.2, -0.15) is 0 Å². The second-order valence-electron chi connectivity index (χ2n) is 5.23. The van der Waals surface area contributed by atoms with Gasteiger partial charge < -0.3 is 5.73 Å². The quantitative estimate of drug-likeness (QED) is 0.744. The molecule has 0 amide bonds. The van der Waals surface area contributed by atoms with Crippen LogP contribution in [0.15, 0.2) is 24.3 Å². The third-order valence-corrected chi connectivity index (χ3v) is 3.63. The van der Waals surface area contributed by atoms with Crippen LogP contribution >= 0.6 is 0 Å². The summed E-state index contributed by atoms with van der Waals surface area (Å²) in [5, 5.41) is 0. The average molecular weight is 203 g/mol. The Labute approximate surface area is 92.7 Å². The van der Waals surface area contributed by atoms with Gasteiger partial charge in [-0.05, 0) is 31.2 Å². The molecule has 1 aliphatic carbocycles. The van der Waals surface area contributed by atoms with Gasteiger partial charge in [0.1, 0.15) is 0 Å². The molecule has 1 aromatic carbocycles. The van der Waals surface area contributed by atoms with E-state index in [1.54, 1.807) is 0 Å². The Morgan fingerprint density at radius 3 is 2.87 bits per heavy atom. The lowest BCUT2D eigenvalue weighted by molar-refractivity contribution is 0.239. The predicted molar refractivity (Wildman–Crippen MR) is 64.7 cm³/mol. The normalized spacial score (nSPS) is 31.5. The molecule has 82 valence electrons. The Hall–Kier alpha value is -0.820. The molecule has 1 fully saturated rings. The molecule has 2 rings (SSSR count). The third-order valence-electron chi connectivity index (χ3n) is 3.63. The first-order valence-corrected chi connectivity index (χ1v) is 5.96. The number of rotatable bonds is 1. The molecule has 1 aromatic rings. The van der Waals surface area contributed by atoms with Crippen molar-refractivity contribution < 1.29 is 0 Å². The van der Waals surface area contributed by atoms with Crippen LogP contribution in [0.5, 0.6) is 0 Å². The van der Waals surface area contributed by atoms with Crippen LogP contribution in [0, 0.1) is 12.8 Å².